The van der Waals surface area contributed by atoms with Crippen LogP contribution in [-0.4, -0.2) is 25.5 Å². The van der Waals surface area contributed by atoms with Gasteiger partial charge < -0.3 is 10.1 Å². The first-order valence-corrected chi connectivity index (χ1v) is 7.25. The number of aldehydes is 1. The topological polar surface area (TPSA) is 58.6 Å². The van der Waals surface area contributed by atoms with Crippen LogP contribution in [-0.2, 0) is 0 Å². The average molecular weight is 332 g/mol. The third-order valence-electron chi connectivity index (χ3n) is 3.76. The monoisotopic (exact) mass is 332 g/mol. The molecule has 124 valence electrons. The molecule has 1 heterocycles. The number of anilines is 1. The molecule has 0 unspecified atom stereocenters. The number of carbonyl (C=O) groups excluding carboxylic acids is 2. The summed E-state index contributed by atoms with van der Waals surface area (Å²) in [5.74, 6) is -0.256. The molecule has 1 fully saturated rings. The number of carbonyl (C=O) groups is 2. The van der Waals surface area contributed by atoms with E-state index in [0.29, 0.717) is 18.5 Å². The van der Waals surface area contributed by atoms with Gasteiger partial charge in [0.1, 0.15) is 5.75 Å². The van der Waals surface area contributed by atoms with Crippen LogP contribution in [0.3, 0.4) is 0 Å². The van der Waals surface area contributed by atoms with Crippen LogP contribution in [0.1, 0.15) is 22.0 Å². The minimum absolute atomic E-state index is 0.00161. The summed E-state index contributed by atoms with van der Waals surface area (Å²) in [5, 5.41) is 2.84. The fourth-order valence-electron chi connectivity index (χ4n) is 2.62. The normalized spacial score (nSPS) is 17.0. The van der Waals surface area contributed by atoms with Crippen molar-refractivity contribution in [2.24, 2.45) is 0 Å². The molecule has 7 heteroatoms. The van der Waals surface area contributed by atoms with Crippen LogP contribution in [0.5, 0.6) is 5.75 Å². The van der Waals surface area contributed by atoms with Crippen LogP contribution >= 0.6 is 0 Å². The third-order valence-corrected chi connectivity index (χ3v) is 3.76. The minimum atomic E-state index is -3.05. The maximum absolute atomic E-state index is 12.5. The summed E-state index contributed by atoms with van der Waals surface area (Å²) in [5.41, 5.74) is 1.33. The van der Waals surface area contributed by atoms with Gasteiger partial charge in [0.25, 0.3) is 0 Å². The highest BCUT2D eigenvalue weighted by atomic mass is 19.3. The zero-order valence-corrected chi connectivity index (χ0v) is 12.5. The Bertz CT molecular complexity index is 753. The third kappa shape index (κ3) is 3.19. The van der Waals surface area contributed by atoms with Crippen LogP contribution in [0.2, 0.25) is 0 Å². The van der Waals surface area contributed by atoms with E-state index in [2.05, 4.69) is 10.1 Å². The van der Waals surface area contributed by atoms with Gasteiger partial charge in [0, 0.05) is 11.8 Å². The predicted octanol–water partition coefficient (Wildman–Crippen LogP) is 3.37. The summed E-state index contributed by atoms with van der Waals surface area (Å²) in [4.78, 5) is 24.5. The molecule has 0 aliphatic carbocycles. The Kier molecular flexibility index (Phi) is 4.41. The Balaban J connectivity index is 1.86. The number of benzene rings is 2. The van der Waals surface area contributed by atoms with E-state index in [9.17, 15) is 18.4 Å². The van der Waals surface area contributed by atoms with Crippen LogP contribution < -0.4 is 15.0 Å². The van der Waals surface area contributed by atoms with Gasteiger partial charge in [0.2, 0.25) is 0 Å². The lowest BCUT2D eigenvalue weighted by Gasteiger charge is -2.17. The summed E-state index contributed by atoms with van der Waals surface area (Å²) < 4.78 is 29.3. The molecule has 0 saturated carbocycles. The van der Waals surface area contributed by atoms with Gasteiger partial charge in [-0.25, -0.2) is 4.79 Å². The molecule has 0 bridgehead atoms. The fourth-order valence-corrected chi connectivity index (χ4v) is 2.62. The highest BCUT2D eigenvalue weighted by molar-refractivity contribution is 5.95. The summed E-state index contributed by atoms with van der Waals surface area (Å²) in [6.45, 7) is -2.71. The molecule has 5 nitrogen and oxygen atoms in total. The number of nitrogens with zero attached hydrogens (tertiary/aromatic N) is 1. The average Bonchev–Trinajstić information content (AvgIpc) is 2.97. The van der Waals surface area contributed by atoms with Crippen molar-refractivity contribution >= 4 is 18.0 Å². The second kappa shape index (κ2) is 6.66. The van der Waals surface area contributed by atoms with Gasteiger partial charge in [-0.05, 0) is 17.7 Å². The molecule has 24 heavy (non-hydrogen) atoms. The Morgan fingerprint density at radius 3 is 2.62 bits per heavy atom. The molecule has 1 saturated heterocycles. The fraction of sp³-hybridized carbons (Fsp3) is 0.176. The standard InChI is InChI=1S/C17H14F2N2O3/c18-16(19)24-15-8-13(7-6-12(15)10-22)21-9-14(20-17(21)23)11-4-2-1-3-5-11/h1-8,10,14,16H,9H2,(H,20,23)/t14-/m0/s1. The van der Waals surface area contributed by atoms with Crippen molar-refractivity contribution in [3.05, 3.63) is 59.7 Å². The van der Waals surface area contributed by atoms with Crippen molar-refractivity contribution < 1.29 is 23.1 Å². The zero-order chi connectivity index (χ0) is 17.1. The summed E-state index contributed by atoms with van der Waals surface area (Å²) >= 11 is 0. The number of halogens is 2. The van der Waals surface area contributed by atoms with Crippen LogP contribution in [0.25, 0.3) is 0 Å². The number of rotatable bonds is 5. The zero-order valence-electron chi connectivity index (χ0n) is 12.5. The van der Waals surface area contributed by atoms with Gasteiger partial charge in [-0.2, -0.15) is 8.78 Å². The minimum Gasteiger partial charge on any atom is -0.434 e. The highest BCUT2D eigenvalue weighted by Crippen LogP contribution is 2.30. The molecule has 2 aromatic rings. The van der Waals surface area contributed by atoms with Gasteiger partial charge in [-0.15, -0.1) is 0 Å². The molecule has 1 aliphatic rings. The number of amides is 2. The van der Waals surface area contributed by atoms with E-state index in [4.69, 9.17) is 0 Å². The molecule has 0 radical (unpaired) electrons. The Morgan fingerprint density at radius 2 is 1.96 bits per heavy atom. The van der Waals surface area contributed by atoms with Gasteiger partial charge in [0.05, 0.1) is 18.2 Å². The first-order chi connectivity index (χ1) is 11.6. The van der Waals surface area contributed by atoms with Gasteiger partial charge in [0.15, 0.2) is 6.29 Å². The van der Waals surface area contributed by atoms with E-state index < -0.39 is 6.61 Å². The SMILES string of the molecule is O=Cc1ccc(N2C[C@@H](c3ccccc3)NC2=O)cc1OC(F)F. The van der Waals surface area contributed by atoms with Crippen LogP contribution in [0, 0.1) is 0 Å². The number of hydrogen-bond acceptors (Lipinski definition) is 3. The smallest absolute Gasteiger partial charge is 0.387 e. The van der Waals surface area contributed by atoms with E-state index in [1.165, 1.54) is 23.1 Å². The lowest BCUT2D eigenvalue weighted by atomic mass is 10.1. The Hall–Kier alpha value is -2.96. The first-order valence-electron chi connectivity index (χ1n) is 7.25. The van der Waals surface area contributed by atoms with Crippen molar-refractivity contribution in [2.75, 3.05) is 11.4 Å². The van der Waals surface area contributed by atoms with E-state index in [1.54, 1.807) is 0 Å². The molecule has 2 amide bonds. The summed E-state index contributed by atoms with van der Waals surface area (Å²) in [6, 6.07) is 13.0. The highest BCUT2D eigenvalue weighted by Gasteiger charge is 2.31. The number of alkyl halides is 2. The van der Waals surface area contributed by atoms with Gasteiger partial charge in [-0.3, -0.25) is 9.69 Å². The second-order valence-electron chi connectivity index (χ2n) is 5.24. The number of hydrogen-bond donors (Lipinski definition) is 1. The molecule has 1 atom stereocenters. The number of nitrogens with one attached hydrogen (secondary N) is 1. The van der Waals surface area contributed by atoms with Crippen molar-refractivity contribution in [3.8, 4) is 5.75 Å². The Morgan fingerprint density at radius 1 is 1.21 bits per heavy atom. The van der Waals surface area contributed by atoms with Crippen molar-refractivity contribution in [1.29, 1.82) is 0 Å². The van der Waals surface area contributed by atoms with Crippen molar-refractivity contribution in [2.45, 2.75) is 12.7 Å². The van der Waals surface area contributed by atoms with E-state index in [0.717, 1.165) is 5.56 Å². The molecular formula is C17H14F2N2O3. The first kappa shape index (κ1) is 15.9. The van der Waals surface area contributed by atoms with Gasteiger partial charge in [-0.1, -0.05) is 30.3 Å². The maximum atomic E-state index is 12.5. The Labute approximate surface area is 136 Å². The van der Waals surface area contributed by atoms with Crippen LogP contribution in [0.15, 0.2) is 48.5 Å². The molecule has 2 aromatic carbocycles. The lowest BCUT2D eigenvalue weighted by Crippen LogP contribution is -2.27. The number of urea groups is 1. The predicted molar refractivity (Wildman–Crippen MR) is 83.5 cm³/mol. The maximum Gasteiger partial charge on any atom is 0.387 e. The largest absolute Gasteiger partial charge is 0.434 e. The molecule has 0 spiro atoms. The molecule has 0 aromatic heterocycles. The second-order valence-corrected chi connectivity index (χ2v) is 5.24. The van der Waals surface area contributed by atoms with Crippen molar-refractivity contribution in [1.82, 2.24) is 5.32 Å². The molecule has 1 N–H and O–H groups in total. The van der Waals surface area contributed by atoms with E-state index >= 15 is 0 Å². The number of ether oxygens (including phenoxy) is 1. The quantitative estimate of drug-likeness (QED) is 0.854. The van der Waals surface area contributed by atoms with E-state index in [1.807, 2.05) is 30.3 Å². The summed E-state index contributed by atoms with van der Waals surface area (Å²) in [6.07, 6.45) is 0.429. The van der Waals surface area contributed by atoms with Crippen LogP contribution in [0.4, 0.5) is 19.3 Å². The molecular weight excluding hydrogens is 318 g/mol. The van der Waals surface area contributed by atoms with Crippen molar-refractivity contribution in [3.63, 3.8) is 0 Å². The molecule has 1 aliphatic heterocycles. The lowest BCUT2D eigenvalue weighted by molar-refractivity contribution is -0.0500. The summed E-state index contributed by atoms with van der Waals surface area (Å²) in [7, 11) is 0. The van der Waals surface area contributed by atoms with Gasteiger partial charge >= 0.3 is 12.6 Å². The molecule has 3 rings (SSSR count). The van der Waals surface area contributed by atoms with E-state index in [-0.39, 0.29) is 23.4 Å².